The molecule has 5 heteroatoms. The molecule has 2 heterocycles. The van der Waals surface area contributed by atoms with Gasteiger partial charge in [-0.2, -0.15) is 0 Å². The number of Topliss-reactive ketones (excluding diaryl/α,β-unsaturated/α-hetero) is 1. The van der Waals surface area contributed by atoms with Crippen molar-refractivity contribution in [3.05, 3.63) is 47.2 Å². The molecular weight excluding hydrogens is 304 g/mol. The number of ketones is 1. The summed E-state index contributed by atoms with van der Waals surface area (Å²) in [6.07, 6.45) is 2.96. The minimum absolute atomic E-state index is 0.0960. The number of allylic oxidation sites excluding steroid dienone is 1. The first kappa shape index (κ1) is 16.4. The van der Waals surface area contributed by atoms with Crippen LogP contribution in [0, 0.1) is 0 Å². The van der Waals surface area contributed by atoms with Crippen LogP contribution in [0.2, 0.25) is 0 Å². The van der Waals surface area contributed by atoms with Crippen molar-refractivity contribution in [2.24, 2.45) is 0 Å². The van der Waals surface area contributed by atoms with Crippen LogP contribution >= 0.6 is 0 Å². The number of piperidine rings is 1. The molecule has 1 atom stereocenters. The van der Waals surface area contributed by atoms with E-state index in [4.69, 9.17) is 0 Å². The highest BCUT2D eigenvalue weighted by molar-refractivity contribution is 6.01. The maximum Gasteiger partial charge on any atom is 0.255 e. The predicted molar refractivity (Wildman–Crippen MR) is 90.2 cm³/mol. The molecule has 2 aliphatic heterocycles. The average molecular weight is 326 g/mol. The molecule has 1 aromatic carbocycles. The van der Waals surface area contributed by atoms with Crippen LogP contribution < -0.4 is 5.32 Å². The first-order valence-corrected chi connectivity index (χ1v) is 8.43. The molecular formula is C19H22N2O3. The van der Waals surface area contributed by atoms with Gasteiger partial charge >= 0.3 is 0 Å². The number of benzene rings is 1. The smallest absolute Gasteiger partial charge is 0.255 e. The number of nitrogens with one attached hydrogen (secondary N) is 1. The molecule has 1 N–H and O–H groups in total. The minimum atomic E-state index is -0.444. The summed E-state index contributed by atoms with van der Waals surface area (Å²) in [5.41, 5.74) is 3.36. The van der Waals surface area contributed by atoms with Crippen molar-refractivity contribution in [2.75, 3.05) is 0 Å². The third-order valence-electron chi connectivity index (χ3n) is 4.86. The van der Waals surface area contributed by atoms with Crippen molar-refractivity contribution in [3.8, 4) is 0 Å². The van der Waals surface area contributed by atoms with E-state index in [9.17, 15) is 14.4 Å². The maximum atomic E-state index is 12.7. The third kappa shape index (κ3) is 2.98. The topological polar surface area (TPSA) is 66.5 Å². The summed E-state index contributed by atoms with van der Waals surface area (Å²) in [6, 6.07) is 5.19. The van der Waals surface area contributed by atoms with Gasteiger partial charge in [-0.3, -0.25) is 14.4 Å². The van der Waals surface area contributed by atoms with E-state index in [2.05, 4.69) is 11.9 Å². The van der Waals surface area contributed by atoms with Gasteiger partial charge in [0.05, 0.1) is 0 Å². The summed E-state index contributed by atoms with van der Waals surface area (Å²) in [4.78, 5) is 38.2. The number of rotatable bonds is 5. The standard InChI is InChI=1S/C19H22N2O3/c1-3-14(22)9-8-13-5-4-6-15-16(13)11-21(19(15)24)17-10-7-12(2)20-18(17)23/h4-6,17H,2-3,7-11H2,1H3,(H,20,23). The van der Waals surface area contributed by atoms with Gasteiger partial charge in [-0.25, -0.2) is 0 Å². The van der Waals surface area contributed by atoms with E-state index in [1.165, 1.54) is 0 Å². The van der Waals surface area contributed by atoms with Gasteiger partial charge in [-0.1, -0.05) is 25.6 Å². The number of carbonyl (C=O) groups excluding carboxylic acids is 3. The summed E-state index contributed by atoms with van der Waals surface area (Å²) in [5.74, 6) is -0.0320. The van der Waals surface area contributed by atoms with Gasteiger partial charge in [-0.15, -0.1) is 0 Å². The Morgan fingerprint density at radius 1 is 1.38 bits per heavy atom. The second-order valence-corrected chi connectivity index (χ2v) is 6.42. The number of carbonyl (C=O) groups is 3. The van der Waals surface area contributed by atoms with Crippen LogP contribution in [-0.4, -0.2) is 28.5 Å². The van der Waals surface area contributed by atoms with Crippen LogP contribution in [0.25, 0.3) is 0 Å². The Balaban J connectivity index is 1.81. The fourth-order valence-electron chi connectivity index (χ4n) is 3.41. The molecule has 0 radical (unpaired) electrons. The number of nitrogens with zero attached hydrogens (tertiary/aromatic N) is 1. The lowest BCUT2D eigenvalue weighted by molar-refractivity contribution is -0.126. The van der Waals surface area contributed by atoms with Crippen molar-refractivity contribution >= 4 is 17.6 Å². The quantitative estimate of drug-likeness (QED) is 0.903. The Morgan fingerprint density at radius 3 is 2.88 bits per heavy atom. The highest BCUT2D eigenvalue weighted by atomic mass is 16.2. The highest BCUT2D eigenvalue weighted by Gasteiger charge is 2.38. The first-order chi connectivity index (χ1) is 11.5. The minimum Gasteiger partial charge on any atom is -0.329 e. The predicted octanol–water partition coefficient (Wildman–Crippen LogP) is 2.35. The van der Waals surface area contributed by atoms with Crippen molar-refractivity contribution in [1.82, 2.24) is 10.2 Å². The van der Waals surface area contributed by atoms with Crippen LogP contribution in [0.15, 0.2) is 30.5 Å². The van der Waals surface area contributed by atoms with Gasteiger partial charge in [0, 0.05) is 30.6 Å². The summed E-state index contributed by atoms with van der Waals surface area (Å²) in [7, 11) is 0. The van der Waals surface area contributed by atoms with Gasteiger partial charge in [0.25, 0.3) is 5.91 Å². The fourth-order valence-corrected chi connectivity index (χ4v) is 3.41. The van der Waals surface area contributed by atoms with Crippen LogP contribution in [-0.2, 0) is 22.6 Å². The summed E-state index contributed by atoms with van der Waals surface area (Å²) in [5, 5.41) is 2.74. The molecule has 2 aliphatic rings. The molecule has 126 valence electrons. The van der Waals surface area contributed by atoms with Gasteiger partial charge in [0.15, 0.2) is 0 Å². The van der Waals surface area contributed by atoms with Gasteiger partial charge in [-0.05, 0) is 36.5 Å². The van der Waals surface area contributed by atoms with Crippen molar-refractivity contribution < 1.29 is 14.4 Å². The molecule has 1 unspecified atom stereocenters. The molecule has 1 fully saturated rings. The van der Waals surface area contributed by atoms with Crippen LogP contribution in [0.4, 0.5) is 0 Å². The van der Waals surface area contributed by atoms with E-state index >= 15 is 0 Å². The van der Waals surface area contributed by atoms with Gasteiger partial charge in [0.2, 0.25) is 5.91 Å². The molecule has 0 bridgehead atoms. The van der Waals surface area contributed by atoms with Crippen LogP contribution in [0.5, 0.6) is 0 Å². The van der Waals surface area contributed by atoms with E-state index < -0.39 is 6.04 Å². The second kappa shape index (κ2) is 6.59. The number of amides is 2. The first-order valence-electron chi connectivity index (χ1n) is 8.43. The Hall–Kier alpha value is -2.43. The maximum absolute atomic E-state index is 12.7. The molecule has 0 aliphatic carbocycles. The number of hydrogen-bond acceptors (Lipinski definition) is 3. The fraction of sp³-hybridized carbons (Fsp3) is 0.421. The van der Waals surface area contributed by atoms with E-state index in [1.54, 1.807) is 4.90 Å². The molecule has 0 spiro atoms. The zero-order valence-electron chi connectivity index (χ0n) is 13.9. The molecule has 0 aromatic heterocycles. The normalized spacial score (nSPS) is 20.1. The van der Waals surface area contributed by atoms with Crippen LogP contribution in [0.3, 0.4) is 0 Å². The monoisotopic (exact) mass is 326 g/mol. The van der Waals surface area contributed by atoms with E-state index in [0.29, 0.717) is 49.9 Å². The molecule has 1 saturated heterocycles. The zero-order chi connectivity index (χ0) is 17.3. The Bertz CT molecular complexity index is 723. The van der Waals surface area contributed by atoms with Crippen molar-refractivity contribution in [1.29, 1.82) is 0 Å². The highest BCUT2D eigenvalue weighted by Crippen LogP contribution is 2.31. The van der Waals surface area contributed by atoms with Crippen molar-refractivity contribution in [2.45, 2.75) is 51.6 Å². The SMILES string of the molecule is C=C1CCC(N2Cc3c(CCC(=O)CC)cccc3C2=O)C(=O)N1. The summed E-state index contributed by atoms with van der Waals surface area (Å²) < 4.78 is 0. The van der Waals surface area contributed by atoms with E-state index in [0.717, 1.165) is 11.1 Å². The Labute approximate surface area is 141 Å². The third-order valence-corrected chi connectivity index (χ3v) is 4.86. The van der Waals surface area contributed by atoms with Crippen molar-refractivity contribution in [3.63, 3.8) is 0 Å². The molecule has 24 heavy (non-hydrogen) atoms. The summed E-state index contributed by atoms with van der Waals surface area (Å²) in [6.45, 7) is 6.08. The molecule has 5 nitrogen and oxygen atoms in total. The zero-order valence-corrected chi connectivity index (χ0v) is 13.9. The second-order valence-electron chi connectivity index (χ2n) is 6.42. The number of hydrogen-bond donors (Lipinski definition) is 1. The van der Waals surface area contributed by atoms with E-state index in [1.807, 2.05) is 25.1 Å². The lowest BCUT2D eigenvalue weighted by Gasteiger charge is -2.31. The summed E-state index contributed by atoms with van der Waals surface area (Å²) >= 11 is 0. The van der Waals surface area contributed by atoms with Crippen LogP contribution in [0.1, 0.15) is 54.1 Å². The molecule has 1 aromatic rings. The Morgan fingerprint density at radius 2 is 2.17 bits per heavy atom. The number of fused-ring (bicyclic) bond motifs is 1. The largest absolute Gasteiger partial charge is 0.329 e. The molecule has 0 saturated carbocycles. The van der Waals surface area contributed by atoms with E-state index in [-0.39, 0.29) is 17.6 Å². The molecule has 2 amide bonds. The lowest BCUT2D eigenvalue weighted by Crippen LogP contribution is -2.49. The lowest BCUT2D eigenvalue weighted by atomic mass is 9.98. The van der Waals surface area contributed by atoms with Gasteiger partial charge < -0.3 is 10.2 Å². The Kier molecular flexibility index (Phi) is 4.51. The van der Waals surface area contributed by atoms with Gasteiger partial charge in [0.1, 0.15) is 11.8 Å². The number of aryl methyl sites for hydroxylation is 1. The average Bonchev–Trinajstić information content (AvgIpc) is 2.90. The molecule has 3 rings (SSSR count).